The maximum atomic E-state index is 11.7. The number of amides is 2. The smallest absolute Gasteiger partial charge is 0.224 e. The first-order valence-corrected chi connectivity index (χ1v) is 5.82. The number of hydrogen-bond acceptors (Lipinski definition) is 3. The SMILES string of the molecule is O=C1CCC(C(=O)NCCc2ccco2)CN1. The summed E-state index contributed by atoms with van der Waals surface area (Å²) >= 11 is 0. The van der Waals surface area contributed by atoms with Crippen LogP contribution in [-0.4, -0.2) is 24.9 Å². The molecule has 0 aliphatic carbocycles. The molecule has 17 heavy (non-hydrogen) atoms. The summed E-state index contributed by atoms with van der Waals surface area (Å²) in [5.74, 6) is 0.813. The molecule has 2 heterocycles. The standard InChI is InChI=1S/C12H16N2O3/c15-11-4-3-9(8-14-11)12(16)13-6-5-10-2-1-7-17-10/h1-2,7,9H,3-6,8H2,(H,13,16)(H,14,15). The molecule has 1 aliphatic rings. The van der Waals surface area contributed by atoms with Gasteiger partial charge in [0.15, 0.2) is 0 Å². The van der Waals surface area contributed by atoms with Gasteiger partial charge in [0.1, 0.15) is 5.76 Å². The molecule has 1 atom stereocenters. The van der Waals surface area contributed by atoms with Crippen LogP contribution >= 0.6 is 0 Å². The molecular weight excluding hydrogens is 220 g/mol. The molecule has 1 fully saturated rings. The zero-order valence-corrected chi connectivity index (χ0v) is 9.57. The summed E-state index contributed by atoms with van der Waals surface area (Å²) < 4.78 is 5.17. The molecule has 2 amide bonds. The van der Waals surface area contributed by atoms with Crippen molar-refractivity contribution in [2.45, 2.75) is 19.3 Å². The van der Waals surface area contributed by atoms with E-state index < -0.39 is 0 Å². The molecule has 1 aromatic heterocycles. The topological polar surface area (TPSA) is 71.3 Å². The maximum absolute atomic E-state index is 11.7. The third-order valence-corrected chi connectivity index (χ3v) is 2.89. The van der Waals surface area contributed by atoms with Crippen LogP contribution in [0.1, 0.15) is 18.6 Å². The average Bonchev–Trinajstić information content (AvgIpc) is 2.83. The summed E-state index contributed by atoms with van der Waals surface area (Å²) in [6, 6.07) is 3.71. The lowest BCUT2D eigenvalue weighted by Crippen LogP contribution is -2.43. The van der Waals surface area contributed by atoms with Gasteiger partial charge in [-0.1, -0.05) is 0 Å². The minimum Gasteiger partial charge on any atom is -0.469 e. The highest BCUT2D eigenvalue weighted by atomic mass is 16.3. The minimum atomic E-state index is -0.0932. The van der Waals surface area contributed by atoms with E-state index in [1.807, 2.05) is 12.1 Å². The second kappa shape index (κ2) is 5.52. The fourth-order valence-electron chi connectivity index (χ4n) is 1.86. The fourth-order valence-corrected chi connectivity index (χ4v) is 1.86. The van der Waals surface area contributed by atoms with Crippen LogP contribution in [0.5, 0.6) is 0 Å². The van der Waals surface area contributed by atoms with Crippen molar-refractivity contribution in [3.05, 3.63) is 24.2 Å². The van der Waals surface area contributed by atoms with Crippen molar-refractivity contribution >= 4 is 11.8 Å². The Bertz CT molecular complexity index is 376. The van der Waals surface area contributed by atoms with Crippen molar-refractivity contribution in [1.29, 1.82) is 0 Å². The summed E-state index contributed by atoms with van der Waals surface area (Å²) in [5.41, 5.74) is 0. The van der Waals surface area contributed by atoms with Crippen molar-refractivity contribution < 1.29 is 14.0 Å². The number of hydrogen-bond donors (Lipinski definition) is 2. The van der Waals surface area contributed by atoms with Crippen molar-refractivity contribution in [2.75, 3.05) is 13.1 Å². The van der Waals surface area contributed by atoms with Crippen LogP contribution in [0.3, 0.4) is 0 Å². The molecular formula is C12H16N2O3. The van der Waals surface area contributed by atoms with Crippen LogP contribution in [0.15, 0.2) is 22.8 Å². The summed E-state index contributed by atoms with van der Waals surface area (Å²) in [6.45, 7) is 1.02. The second-order valence-electron chi connectivity index (χ2n) is 4.16. The summed E-state index contributed by atoms with van der Waals surface area (Å²) in [7, 11) is 0. The van der Waals surface area contributed by atoms with E-state index in [9.17, 15) is 9.59 Å². The van der Waals surface area contributed by atoms with E-state index >= 15 is 0 Å². The molecule has 0 spiro atoms. The first-order chi connectivity index (χ1) is 8.25. The Morgan fingerprint density at radius 1 is 1.59 bits per heavy atom. The lowest BCUT2D eigenvalue weighted by molar-refractivity contribution is -0.128. The van der Waals surface area contributed by atoms with Gasteiger partial charge in [-0.05, 0) is 18.6 Å². The van der Waals surface area contributed by atoms with E-state index in [1.54, 1.807) is 6.26 Å². The Kier molecular flexibility index (Phi) is 3.80. The molecule has 5 heteroatoms. The molecule has 0 radical (unpaired) electrons. The molecule has 1 saturated heterocycles. The number of nitrogens with one attached hydrogen (secondary N) is 2. The zero-order chi connectivity index (χ0) is 12.1. The van der Waals surface area contributed by atoms with Gasteiger partial charge in [-0.25, -0.2) is 0 Å². The number of carbonyl (C=O) groups is 2. The van der Waals surface area contributed by atoms with Gasteiger partial charge < -0.3 is 15.1 Å². The molecule has 2 N–H and O–H groups in total. The van der Waals surface area contributed by atoms with Crippen molar-refractivity contribution in [2.24, 2.45) is 5.92 Å². The van der Waals surface area contributed by atoms with Crippen LogP contribution in [0.25, 0.3) is 0 Å². The Hall–Kier alpha value is -1.78. The van der Waals surface area contributed by atoms with Crippen LogP contribution in [0, 0.1) is 5.92 Å². The van der Waals surface area contributed by atoms with Crippen LogP contribution in [0.2, 0.25) is 0 Å². The van der Waals surface area contributed by atoms with Crippen LogP contribution in [0.4, 0.5) is 0 Å². The van der Waals surface area contributed by atoms with E-state index in [-0.39, 0.29) is 17.7 Å². The number of piperidine rings is 1. The third-order valence-electron chi connectivity index (χ3n) is 2.89. The first-order valence-electron chi connectivity index (χ1n) is 5.82. The van der Waals surface area contributed by atoms with Crippen molar-refractivity contribution in [3.63, 3.8) is 0 Å². The largest absolute Gasteiger partial charge is 0.469 e. The first kappa shape index (κ1) is 11.7. The normalized spacial score (nSPS) is 19.8. The summed E-state index contributed by atoms with van der Waals surface area (Å²) in [6.07, 6.45) is 3.39. The van der Waals surface area contributed by atoms with Crippen molar-refractivity contribution in [1.82, 2.24) is 10.6 Å². The zero-order valence-electron chi connectivity index (χ0n) is 9.57. The Labute approximate surface area is 99.6 Å². The van der Waals surface area contributed by atoms with Gasteiger partial charge in [0.2, 0.25) is 11.8 Å². The number of carbonyl (C=O) groups excluding carboxylic acids is 2. The van der Waals surface area contributed by atoms with Gasteiger partial charge in [0, 0.05) is 25.9 Å². The molecule has 0 saturated carbocycles. The second-order valence-corrected chi connectivity index (χ2v) is 4.16. The monoisotopic (exact) mass is 236 g/mol. The average molecular weight is 236 g/mol. The fraction of sp³-hybridized carbons (Fsp3) is 0.500. The maximum Gasteiger partial charge on any atom is 0.224 e. The lowest BCUT2D eigenvalue weighted by Gasteiger charge is -2.21. The molecule has 92 valence electrons. The van der Waals surface area contributed by atoms with Crippen LogP contribution < -0.4 is 10.6 Å². The van der Waals surface area contributed by atoms with Crippen molar-refractivity contribution in [3.8, 4) is 0 Å². The highest BCUT2D eigenvalue weighted by molar-refractivity contribution is 5.83. The highest BCUT2D eigenvalue weighted by Crippen LogP contribution is 2.10. The van der Waals surface area contributed by atoms with E-state index in [2.05, 4.69) is 10.6 Å². The van der Waals surface area contributed by atoms with Gasteiger partial charge in [0.05, 0.1) is 12.2 Å². The minimum absolute atomic E-state index is 0.0107. The Morgan fingerprint density at radius 3 is 3.12 bits per heavy atom. The molecule has 1 unspecified atom stereocenters. The molecule has 5 nitrogen and oxygen atoms in total. The van der Waals surface area contributed by atoms with E-state index in [4.69, 9.17) is 4.42 Å². The summed E-state index contributed by atoms with van der Waals surface area (Å²) in [5, 5.41) is 5.55. The van der Waals surface area contributed by atoms with Gasteiger partial charge in [-0.2, -0.15) is 0 Å². The predicted molar refractivity (Wildman–Crippen MR) is 61.2 cm³/mol. The van der Waals surface area contributed by atoms with E-state index in [0.717, 1.165) is 5.76 Å². The highest BCUT2D eigenvalue weighted by Gasteiger charge is 2.23. The predicted octanol–water partition coefficient (Wildman–Crippen LogP) is 0.464. The van der Waals surface area contributed by atoms with Crippen LogP contribution in [-0.2, 0) is 16.0 Å². The Morgan fingerprint density at radius 2 is 2.47 bits per heavy atom. The molecule has 2 rings (SSSR count). The van der Waals surface area contributed by atoms with E-state index in [0.29, 0.717) is 32.4 Å². The lowest BCUT2D eigenvalue weighted by atomic mass is 9.98. The number of furan rings is 1. The molecule has 1 aromatic rings. The third kappa shape index (κ3) is 3.34. The van der Waals surface area contributed by atoms with E-state index in [1.165, 1.54) is 0 Å². The molecule has 1 aliphatic heterocycles. The molecule has 0 aromatic carbocycles. The van der Waals surface area contributed by atoms with Gasteiger partial charge in [0.25, 0.3) is 0 Å². The van der Waals surface area contributed by atoms with Gasteiger partial charge in [-0.3, -0.25) is 9.59 Å². The Balaban J connectivity index is 1.68. The quantitative estimate of drug-likeness (QED) is 0.798. The summed E-state index contributed by atoms with van der Waals surface area (Å²) in [4.78, 5) is 22.7. The van der Waals surface area contributed by atoms with Gasteiger partial charge in [-0.15, -0.1) is 0 Å². The molecule has 0 bridgehead atoms. The number of rotatable bonds is 4. The van der Waals surface area contributed by atoms with Gasteiger partial charge >= 0.3 is 0 Å².